The molecule has 0 saturated heterocycles. The van der Waals surface area contributed by atoms with Gasteiger partial charge in [-0.1, -0.05) is 19.9 Å². The number of rotatable bonds is 5. The average Bonchev–Trinajstić information content (AvgIpc) is 2.84. The minimum Gasteiger partial charge on any atom is -0.454 e. The number of hydrogen-bond acceptors (Lipinski definition) is 4. The summed E-state index contributed by atoms with van der Waals surface area (Å²) in [5, 5.41) is 0. The third-order valence-electron chi connectivity index (χ3n) is 3.97. The lowest BCUT2D eigenvalue weighted by atomic mass is 10.0. The SMILES string of the molecule is CC(C)C(C)N(C)CC(N)c1ccc2c(c1)OCO2. The fourth-order valence-electron chi connectivity index (χ4n) is 2.23. The van der Waals surface area contributed by atoms with Crippen molar-refractivity contribution < 1.29 is 9.47 Å². The molecule has 0 saturated carbocycles. The van der Waals surface area contributed by atoms with E-state index in [1.54, 1.807) is 0 Å². The van der Waals surface area contributed by atoms with E-state index in [0.29, 0.717) is 18.8 Å². The Balaban J connectivity index is 2.02. The minimum absolute atomic E-state index is 0.0132. The Hall–Kier alpha value is -1.26. The lowest BCUT2D eigenvalue weighted by Crippen LogP contribution is -2.38. The van der Waals surface area contributed by atoms with Crippen molar-refractivity contribution in [2.75, 3.05) is 20.4 Å². The number of hydrogen-bond donors (Lipinski definition) is 1. The predicted molar refractivity (Wildman–Crippen MR) is 76.4 cm³/mol. The second-order valence-electron chi connectivity index (χ2n) is 5.64. The highest BCUT2D eigenvalue weighted by Gasteiger charge is 2.19. The topological polar surface area (TPSA) is 47.7 Å². The van der Waals surface area contributed by atoms with E-state index in [-0.39, 0.29) is 6.04 Å². The van der Waals surface area contributed by atoms with Crippen LogP contribution < -0.4 is 15.2 Å². The summed E-state index contributed by atoms with van der Waals surface area (Å²) in [5.74, 6) is 2.22. The summed E-state index contributed by atoms with van der Waals surface area (Å²) < 4.78 is 10.7. The fourth-order valence-corrected chi connectivity index (χ4v) is 2.23. The molecule has 0 aliphatic carbocycles. The van der Waals surface area contributed by atoms with E-state index in [0.717, 1.165) is 23.6 Å². The van der Waals surface area contributed by atoms with Crippen LogP contribution in [-0.2, 0) is 0 Å². The monoisotopic (exact) mass is 264 g/mol. The molecule has 1 aromatic rings. The molecule has 2 rings (SSSR count). The highest BCUT2D eigenvalue weighted by Crippen LogP contribution is 2.34. The zero-order valence-corrected chi connectivity index (χ0v) is 12.2. The van der Waals surface area contributed by atoms with Crippen LogP contribution in [0.15, 0.2) is 18.2 Å². The third kappa shape index (κ3) is 3.19. The maximum atomic E-state index is 6.29. The molecule has 106 valence electrons. The maximum absolute atomic E-state index is 6.29. The van der Waals surface area contributed by atoms with Gasteiger partial charge >= 0.3 is 0 Å². The summed E-state index contributed by atoms with van der Waals surface area (Å²) in [4.78, 5) is 2.31. The van der Waals surface area contributed by atoms with Crippen molar-refractivity contribution >= 4 is 0 Å². The molecule has 0 amide bonds. The number of likely N-dealkylation sites (N-methyl/N-ethyl adjacent to an activating group) is 1. The summed E-state index contributed by atoms with van der Waals surface area (Å²) in [7, 11) is 2.12. The molecule has 1 aromatic carbocycles. The molecule has 2 N–H and O–H groups in total. The number of fused-ring (bicyclic) bond motifs is 1. The first kappa shape index (κ1) is 14.2. The normalized spacial score (nSPS) is 17.0. The van der Waals surface area contributed by atoms with Crippen LogP contribution in [0.5, 0.6) is 11.5 Å². The van der Waals surface area contributed by atoms with Gasteiger partial charge in [0.05, 0.1) is 0 Å². The molecular weight excluding hydrogens is 240 g/mol. The van der Waals surface area contributed by atoms with E-state index in [1.165, 1.54) is 0 Å². The number of benzene rings is 1. The lowest BCUT2D eigenvalue weighted by molar-refractivity contribution is 0.174. The van der Waals surface area contributed by atoms with Crippen molar-refractivity contribution in [3.8, 4) is 11.5 Å². The summed E-state index contributed by atoms with van der Waals surface area (Å²) >= 11 is 0. The number of nitrogens with zero attached hydrogens (tertiary/aromatic N) is 1. The van der Waals surface area contributed by atoms with Gasteiger partial charge in [0.15, 0.2) is 11.5 Å². The van der Waals surface area contributed by atoms with Crippen LogP contribution >= 0.6 is 0 Å². The number of ether oxygens (including phenoxy) is 2. The quantitative estimate of drug-likeness (QED) is 0.887. The predicted octanol–water partition coefficient (Wildman–Crippen LogP) is 2.39. The molecule has 4 heteroatoms. The lowest BCUT2D eigenvalue weighted by Gasteiger charge is -2.30. The van der Waals surface area contributed by atoms with Crippen LogP contribution in [0.25, 0.3) is 0 Å². The second kappa shape index (κ2) is 5.80. The highest BCUT2D eigenvalue weighted by molar-refractivity contribution is 5.45. The van der Waals surface area contributed by atoms with Crippen LogP contribution in [-0.4, -0.2) is 31.3 Å². The Labute approximate surface area is 115 Å². The van der Waals surface area contributed by atoms with Crippen molar-refractivity contribution in [3.05, 3.63) is 23.8 Å². The van der Waals surface area contributed by atoms with Gasteiger partial charge in [-0.25, -0.2) is 0 Å². The fraction of sp³-hybridized carbons (Fsp3) is 0.600. The smallest absolute Gasteiger partial charge is 0.231 e. The molecule has 1 aliphatic heterocycles. The van der Waals surface area contributed by atoms with Gasteiger partial charge in [0.25, 0.3) is 0 Å². The van der Waals surface area contributed by atoms with E-state index in [4.69, 9.17) is 15.2 Å². The van der Waals surface area contributed by atoms with E-state index in [9.17, 15) is 0 Å². The molecule has 2 atom stereocenters. The Morgan fingerprint density at radius 3 is 2.58 bits per heavy atom. The van der Waals surface area contributed by atoms with Gasteiger partial charge in [0.2, 0.25) is 6.79 Å². The molecule has 1 heterocycles. The molecule has 0 spiro atoms. The van der Waals surface area contributed by atoms with Crippen LogP contribution in [0.2, 0.25) is 0 Å². The van der Waals surface area contributed by atoms with E-state index in [2.05, 4.69) is 32.7 Å². The van der Waals surface area contributed by atoms with Gasteiger partial charge in [-0.3, -0.25) is 0 Å². The standard InChI is InChI=1S/C15H24N2O2/c1-10(2)11(3)17(4)8-13(16)12-5-6-14-15(7-12)19-9-18-14/h5-7,10-11,13H,8-9,16H2,1-4H3. The van der Waals surface area contributed by atoms with Crippen molar-refractivity contribution in [1.82, 2.24) is 4.90 Å². The van der Waals surface area contributed by atoms with Gasteiger partial charge in [0, 0.05) is 18.6 Å². The second-order valence-corrected chi connectivity index (χ2v) is 5.64. The molecule has 2 unspecified atom stereocenters. The van der Waals surface area contributed by atoms with Crippen molar-refractivity contribution in [3.63, 3.8) is 0 Å². The Morgan fingerprint density at radius 2 is 1.89 bits per heavy atom. The molecule has 0 radical (unpaired) electrons. The molecule has 19 heavy (non-hydrogen) atoms. The zero-order valence-electron chi connectivity index (χ0n) is 12.2. The molecule has 0 bridgehead atoms. The van der Waals surface area contributed by atoms with E-state index in [1.807, 2.05) is 18.2 Å². The van der Waals surface area contributed by atoms with Crippen LogP contribution in [0.1, 0.15) is 32.4 Å². The summed E-state index contributed by atoms with van der Waals surface area (Å²) in [5.41, 5.74) is 7.38. The Kier molecular flexibility index (Phi) is 4.32. The van der Waals surface area contributed by atoms with Crippen molar-refractivity contribution in [1.29, 1.82) is 0 Å². The number of nitrogens with two attached hydrogens (primary N) is 1. The van der Waals surface area contributed by atoms with Gasteiger partial charge in [-0.2, -0.15) is 0 Å². The van der Waals surface area contributed by atoms with Gasteiger partial charge in [-0.05, 0) is 37.6 Å². The van der Waals surface area contributed by atoms with Gasteiger partial charge < -0.3 is 20.1 Å². The Bertz CT molecular complexity index is 434. The van der Waals surface area contributed by atoms with Crippen LogP contribution in [0, 0.1) is 5.92 Å². The largest absolute Gasteiger partial charge is 0.454 e. The van der Waals surface area contributed by atoms with E-state index >= 15 is 0 Å². The third-order valence-corrected chi connectivity index (χ3v) is 3.97. The highest BCUT2D eigenvalue weighted by atomic mass is 16.7. The van der Waals surface area contributed by atoms with E-state index < -0.39 is 0 Å². The average molecular weight is 264 g/mol. The first-order valence-electron chi connectivity index (χ1n) is 6.84. The van der Waals surface area contributed by atoms with Crippen molar-refractivity contribution in [2.24, 2.45) is 11.7 Å². The van der Waals surface area contributed by atoms with Gasteiger partial charge in [0.1, 0.15) is 0 Å². The first-order valence-corrected chi connectivity index (χ1v) is 6.84. The summed E-state index contributed by atoms with van der Waals surface area (Å²) in [6.07, 6.45) is 0. The summed E-state index contributed by atoms with van der Waals surface area (Å²) in [6, 6.07) is 6.44. The van der Waals surface area contributed by atoms with Crippen LogP contribution in [0.4, 0.5) is 0 Å². The molecule has 4 nitrogen and oxygen atoms in total. The zero-order chi connectivity index (χ0) is 14.0. The molecule has 0 fully saturated rings. The summed E-state index contributed by atoms with van der Waals surface area (Å²) in [6.45, 7) is 7.83. The molecular formula is C15H24N2O2. The maximum Gasteiger partial charge on any atom is 0.231 e. The van der Waals surface area contributed by atoms with Crippen molar-refractivity contribution in [2.45, 2.75) is 32.9 Å². The molecule has 1 aliphatic rings. The molecule has 0 aromatic heterocycles. The van der Waals surface area contributed by atoms with Gasteiger partial charge in [-0.15, -0.1) is 0 Å². The first-order chi connectivity index (χ1) is 8.99. The Morgan fingerprint density at radius 1 is 1.21 bits per heavy atom. The van der Waals surface area contributed by atoms with Crippen LogP contribution in [0.3, 0.4) is 0 Å². The minimum atomic E-state index is -0.0132.